The Kier molecular flexibility index (Phi) is 5.14. The van der Waals surface area contributed by atoms with Crippen molar-refractivity contribution in [1.29, 1.82) is 0 Å². The maximum absolute atomic E-state index is 12.9. The van der Waals surface area contributed by atoms with E-state index in [-0.39, 0.29) is 18.9 Å². The molecule has 1 amide bonds. The second-order valence-electron chi connectivity index (χ2n) is 5.13. The summed E-state index contributed by atoms with van der Waals surface area (Å²) in [5.74, 6) is -1.05. The average Bonchev–Trinajstić information content (AvgIpc) is 2.89. The van der Waals surface area contributed by atoms with Crippen LogP contribution in [0, 0.1) is 0 Å². The molecule has 2 aromatic rings. The molecule has 118 valence electrons. The van der Waals surface area contributed by atoms with Crippen LogP contribution in [0.5, 0.6) is 0 Å². The van der Waals surface area contributed by atoms with Crippen LogP contribution in [0.4, 0.5) is 0 Å². The smallest absolute Gasteiger partial charge is 0.305 e. The summed E-state index contributed by atoms with van der Waals surface area (Å²) < 4.78 is 1.78. The molecule has 0 aromatic carbocycles. The van der Waals surface area contributed by atoms with Gasteiger partial charge in [-0.25, -0.2) is 4.98 Å². The van der Waals surface area contributed by atoms with Gasteiger partial charge < -0.3 is 10.0 Å². The normalized spacial score (nSPS) is 10.8. The number of pyridine rings is 1. The highest BCUT2D eigenvalue weighted by molar-refractivity contribution is 5.95. The van der Waals surface area contributed by atoms with Gasteiger partial charge >= 0.3 is 5.97 Å². The zero-order valence-electron chi connectivity index (χ0n) is 13.0. The molecule has 0 saturated heterocycles. The molecule has 0 spiro atoms. The zero-order valence-corrected chi connectivity index (χ0v) is 13.0. The first-order valence-corrected chi connectivity index (χ1v) is 7.55. The van der Waals surface area contributed by atoms with E-state index in [0.717, 1.165) is 17.8 Å². The Morgan fingerprint density at radius 2 is 2.05 bits per heavy atom. The van der Waals surface area contributed by atoms with Gasteiger partial charge in [0.15, 0.2) is 0 Å². The highest BCUT2D eigenvalue weighted by Crippen LogP contribution is 2.16. The van der Waals surface area contributed by atoms with E-state index in [1.165, 1.54) is 0 Å². The van der Waals surface area contributed by atoms with Gasteiger partial charge in [0.25, 0.3) is 5.91 Å². The Balaban J connectivity index is 2.38. The first kappa shape index (κ1) is 16.0. The summed E-state index contributed by atoms with van der Waals surface area (Å²) in [4.78, 5) is 29.8. The number of carboxylic acids is 1. The van der Waals surface area contributed by atoms with Gasteiger partial charge in [0.05, 0.1) is 12.1 Å². The number of aliphatic carboxylic acids is 1. The standard InChI is InChI=1S/C16H21N3O3/c1-3-9-18(11-8-14(20)21)16(22)15-12(4-2)17-13-7-5-6-10-19(13)15/h5-7,10H,3-4,8-9,11H2,1-2H3,(H,20,21). The fraction of sp³-hybridized carbons (Fsp3) is 0.438. The molecule has 0 atom stereocenters. The number of aromatic nitrogens is 2. The molecule has 0 aliphatic heterocycles. The Hall–Kier alpha value is -2.37. The molecule has 6 nitrogen and oxygen atoms in total. The largest absolute Gasteiger partial charge is 0.481 e. The summed E-state index contributed by atoms with van der Waals surface area (Å²) in [7, 11) is 0. The highest BCUT2D eigenvalue weighted by Gasteiger charge is 2.23. The molecule has 2 aromatic heterocycles. The van der Waals surface area contributed by atoms with Crippen LogP contribution in [0.2, 0.25) is 0 Å². The molecule has 0 radical (unpaired) electrons. The number of hydrogen-bond donors (Lipinski definition) is 1. The average molecular weight is 303 g/mol. The molecular formula is C16H21N3O3. The third kappa shape index (κ3) is 3.27. The van der Waals surface area contributed by atoms with E-state index >= 15 is 0 Å². The summed E-state index contributed by atoms with van der Waals surface area (Å²) in [5, 5.41) is 8.86. The third-order valence-electron chi connectivity index (χ3n) is 3.52. The fourth-order valence-electron chi connectivity index (χ4n) is 2.48. The fourth-order valence-corrected chi connectivity index (χ4v) is 2.48. The lowest BCUT2D eigenvalue weighted by Crippen LogP contribution is -2.35. The molecule has 0 saturated carbocycles. The first-order chi connectivity index (χ1) is 10.6. The summed E-state index contributed by atoms with van der Waals surface area (Å²) in [5.41, 5.74) is 2.02. The van der Waals surface area contributed by atoms with Gasteiger partial charge in [-0.05, 0) is 25.0 Å². The van der Waals surface area contributed by atoms with Crippen LogP contribution < -0.4 is 0 Å². The minimum absolute atomic E-state index is 0.0517. The molecule has 0 bridgehead atoms. The van der Waals surface area contributed by atoms with Crippen LogP contribution in [0.25, 0.3) is 5.65 Å². The molecule has 0 fully saturated rings. The molecule has 0 aliphatic rings. The molecule has 1 N–H and O–H groups in total. The summed E-state index contributed by atoms with van der Waals surface area (Å²) >= 11 is 0. The minimum atomic E-state index is -0.900. The number of hydrogen-bond acceptors (Lipinski definition) is 3. The summed E-state index contributed by atoms with van der Waals surface area (Å²) in [6.07, 6.45) is 3.20. The van der Waals surface area contributed by atoms with E-state index in [4.69, 9.17) is 5.11 Å². The quantitative estimate of drug-likeness (QED) is 0.851. The SMILES string of the molecule is CCCN(CCC(=O)O)C(=O)c1c(CC)nc2ccccn12. The Bertz CT molecular complexity index is 678. The maximum Gasteiger partial charge on any atom is 0.305 e. The number of imidazole rings is 1. The Labute approximate surface area is 129 Å². The number of nitrogens with zero attached hydrogens (tertiary/aromatic N) is 3. The molecule has 6 heteroatoms. The van der Waals surface area contributed by atoms with Gasteiger partial charge in [-0.3, -0.25) is 14.0 Å². The molecule has 2 rings (SSSR count). The molecule has 0 unspecified atom stereocenters. The van der Waals surface area contributed by atoms with Crippen molar-refractivity contribution in [3.63, 3.8) is 0 Å². The van der Waals surface area contributed by atoms with Gasteiger partial charge in [-0.1, -0.05) is 19.9 Å². The maximum atomic E-state index is 12.9. The van der Waals surface area contributed by atoms with Crippen molar-refractivity contribution < 1.29 is 14.7 Å². The van der Waals surface area contributed by atoms with Gasteiger partial charge in [0, 0.05) is 19.3 Å². The third-order valence-corrected chi connectivity index (χ3v) is 3.52. The zero-order chi connectivity index (χ0) is 16.1. The summed E-state index contributed by atoms with van der Waals surface area (Å²) in [6.45, 7) is 4.68. The second kappa shape index (κ2) is 7.06. The molecular weight excluding hydrogens is 282 g/mol. The van der Waals surface area contributed by atoms with Crippen molar-refractivity contribution >= 4 is 17.5 Å². The van der Waals surface area contributed by atoms with Gasteiger partial charge in [-0.15, -0.1) is 0 Å². The lowest BCUT2D eigenvalue weighted by atomic mass is 10.2. The molecule has 2 heterocycles. The van der Waals surface area contributed by atoms with Gasteiger partial charge in [0.1, 0.15) is 11.3 Å². The number of fused-ring (bicyclic) bond motifs is 1. The Morgan fingerprint density at radius 1 is 1.27 bits per heavy atom. The van der Waals surface area contributed by atoms with Crippen LogP contribution in [-0.2, 0) is 11.2 Å². The van der Waals surface area contributed by atoms with Crippen LogP contribution in [0.3, 0.4) is 0 Å². The van der Waals surface area contributed by atoms with Crippen molar-refractivity contribution in [2.75, 3.05) is 13.1 Å². The highest BCUT2D eigenvalue weighted by atomic mass is 16.4. The number of amides is 1. The van der Waals surface area contributed by atoms with E-state index in [0.29, 0.717) is 18.7 Å². The number of rotatable bonds is 7. The van der Waals surface area contributed by atoms with Crippen LogP contribution >= 0.6 is 0 Å². The number of carbonyl (C=O) groups excluding carboxylic acids is 1. The van der Waals surface area contributed by atoms with Crippen LogP contribution in [-0.4, -0.2) is 44.4 Å². The lowest BCUT2D eigenvalue weighted by molar-refractivity contribution is -0.137. The lowest BCUT2D eigenvalue weighted by Gasteiger charge is -2.21. The van der Waals surface area contributed by atoms with Crippen LogP contribution in [0.1, 0.15) is 42.9 Å². The first-order valence-electron chi connectivity index (χ1n) is 7.55. The minimum Gasteiger partial charge on any atom is -0.481 e. The number of carbonyl (C=O) groups is 2. The predicted octanol–water partition coefficient (Wildman–Crippen LogP) is 2.22. The van der Waals surface area contributed by atoms with E-state index in [2.05, 4.69) is 4.98 Å². The number of carboxylic acid groups (broad SMARTS) is 1. The topological polar surface area (TPSA) is 74.9 Å². The van der Waals surface area contributed by atoms with Crippen molar-refractivity contribution in [2.24, 2.45) is 0 Å². The van der Waals surface area contributed by atoms with Crippen molar-refractivity contribution in [3.8, 4) is 0 Å². The molecule has 22 heavy (non-hydrogen) atoms. The van der Waals surface area contributed by atoms with Crippen molar-refractivity contribution in [3.05, 3.63) is 35.8 Å². The van der Waals surface area contributed by atoms with Gasteiger partial charge in [-0.2, -0.15) is 0 Å². The van der Waals surface area contributed by atoms with Crippen LogP contribution in [0.15, 0.2) is 24.4 Å². The summed E-state index contributed by atoms with van der Waals surface area (Å²) in [6, 6.07) is 5.59. The second-order valence-corrected chi connectivity index (χ2v) is 5.13. The van der Waals surface area contributed by atoms with E-state index < -0.39 is 5.97 Å². The predicted molar refractivity (Wildman–Crippen MR) is 83.0 cm³/mol. The number of aryl methyl sites for hydroxylation is 1. The van der Waals surface area contributed by atoms with Crippen molar-refractivity contribution in [1.82, 2.24) is 14.3 Å². The molecule has 0 aliphatic carbocycles. The van der Waals surface area contributed by atoms with E-state index in [9.17, 15) is 9.59 Å². The van der Waals surface area contributed by atoms with E-state index in [1.807, 2.05) is 38.2 Å². The van der Waals surface area contributed by atoms with Crippen molar-refractivity contribution in [2.45, 2.75) is 33.1 Å². The Morgan fingerprint density at radius 3 is 2.68 bits per heavy atom. The monoisotopic (exact) mass is 303 g/mol. The van der Waals surface area contributed by atoms with E-state index in [1.54, 1.807) is 9.30 Å². The van der Waals surface area contributed by atoms with Gasteiger partial charge in [0.2, 0.25) is 0 Å².